The standard InChI is InChI=1S/C19H23ClN2O5/c1-24-5-3-6-26-17-9-15-13(8-16(17)25-2)19(20)14(10-21-15)18-11-22(12-23)4-7-27-18/h8-10,12,18H,3-7,11H2,1-2H3. The van der Waals surface area contributed by atoms with Crippen LogP contribution in [-0.4, -0.2) is 63.4 Å². The lowest BCUT2D eigenvalue weighted by Crippen LogP contribution is -2.37. The van der Waals surface area contributed by atoms with E-state index in [4.69, 9.17) is 30.5 Å². The molecule has 0 saturated carbocycles. The number of rotatable bonds is 8. The molecule has 146 valence electrons. The Labute approximate surface area is 163 Å². The molecule has 1 aromatic carbocycles. The van der Waals surface area contributed by atoms with Gasteiger partial charge in [0.05, 0.1) is 37.4 Å². The zero-order chi connectivity index (χ0) is 19.2. The molecule has 2 aromatic rings. The van der Waals surface area contributed by atoms with Crippen molar-refractivity contribution in [3.63, 3.8) is 0 Å². The number of carbonyl (C=O) groups is 1. The van der Waals surface area contributed by atoms with Gasteiger partial charge >= 0.3 is 0 Å². The van der Waals surface area contributed by atoms with Crippen LogP contribution in [0.25, 0.3) is 10.9 Å². The zero-order valence-electron chi connectivity index (χ0n) is 15.4. The van der Waals surface area contributed by atoms with Crippen LogP contribution in [0, 0.1) is 0 Å². The number of benzene rings is 1. The predicted molar refractivity (Wildman–Crippen MR) is 102 cm³/mol. The van der Waals surface area contributed by atoms with E-state index in [2.05, 4.69) is 4.98 Å². The predicted octanol–water partition coefficient (Wildman–Crippen LogP) is 2.84. The molecule has 3 rings (SSSR count). The largest absolute Gasteiger partial charge is 0.493 e. The van der Waals surface area contributed by atoms with Crippen molar-refractivity contribution in [1.29, 1.82) is 0 Å². The van der Waals surface area contributed by atoms with Gasteiger partial charge in [-0.15, -0.1) is 0 Å². The highest BCUT2D eigenvalue weighted by atomic mass is 35.5. The molecule has 1 fully saturated rings. The minimum absolute atomic E-state index is 0.302. The van der Waals surface area contributed by atoms with Gasteiger partial charge in [0.25, 0.3) is 0 Å². The minimum Gasteiger partial charge on any atom is -0.493 e. The summed E-state index contributed by atoms with van der Waals surface area (Å²) in [4.78, 5) is 17.3. The fourth-order valence-corrected chi connectivity index (χ4v) is 3.34. The van der Waals surface area contributed by atoms with Gasteiger partial charge in [-0.2, -0.15) is 0 Å². The maximum absolute atomic E-state index is 11.1. The molecule has 1 saturated heterocycles. The van der Waals surface area contributed by atoms with Crippen LogP contribution < -0.4 is 9.47 Å². The zero-order valence-corrected chi connectivity index (χ0v) is 16.2. The van der Waals surface area contributed by atoms with E-state index in [1.165, 1.54) is 0 Å². The van der Waals surface area contributed by atoms with Gasteiger partial charge in [0.1, 0.15) is 6.10 Å². The third kappa shape index (κ3) is 4.43. The van der Waals surface area contributed by atoms with Gasteiger partial charge in [0, 0.05) is 49.9 Å². The van der Waals surface area contributed by atoms with E-state index in [1.54, 1.807) is 25.3 Å². The Kier molecular flexibility index (Phi) is 6.71. The van der Waals surface area contributed by atoms with Gasteiger partial charge < -0.3 is 23.8 Å². The van der Waals surface area contributed by atoms with Crippen LogP contribution >= 0.6 is 11.6 Å². The highest BCUT2D eigenvalue weighted by Crippen LogP contribution is 2.38. The summed E-state index contributed by atoms with van der Waals surface area (Å²) in [6.07, 6.45) is 3.00. The SMILES string of the molecule is COCCCOc1cc2ncc(C3CN(C=O)CCO3)c(Cl)c2cc1OC. The molecule has 1 aliphatic heterocycles. The summed E-state index contributed by atoms with van der Waals surface area (Å²) in [6.45, 7) is 2.64. The normalized spacial score (nSPS) is 17.1. The van der Waals surface area contributed by atoms with Gasteiger partial charge in [-0.05, 0) is 6.07 Å². The van der Waals surface area contributed by atoms with Crippen LogP contribution in [0.15, 0.2) is 18.3 Å². The Hall–Kier alpha value is -2.09. The molecule has 1 aromatic heterocycles. The van der Waals surface area contributed by atoms with E-state index < -0.39 is 0 Å². The van der Waals surface area contributed by atoms with Crippen LogP contribution in [0.1, 0.15) is 18.1 Å². The van der Waals surface area contributed by atoms with E-state index in [0.717, 1.165) is 23.8 Å². The number of hydrogen-bond acceptors (Lipinski definition) is 6. The Morgan fingerprint density at radius 2 is 2.19 bits per heavy atom. The average Bonchev–Trinajstić information content (AvgIpc) is 2.71. The molecule has 1 amide bonds. The molecule has 0 radical (unpaired) electrons. The number of pyridine rings is 1. The summed E-state index contributed by atoms with van der Waals surface area (Å²) in [5.74, 6) is 1.19. The number of fused-ring (bicyclic) bond motifs is 1. The van der Waals surface area contributed by atoms with Crippen LogP contribution in [-0.2, 0) is 14.3 Å². The van der Waals surface area contributed by atoms with E-state index in [-0.39, 0.29) is 6.10 Å². The van der Waals surface area contributed by atoms with Crippen LogP contribution in [0.2, 0.25) is 5.02 Å². The molecule has 7 nitrogen and oxygen atoms in total. The number of halogens is 1. The number of ether oxygens (including phenoxy) is 4. The molecule has 1 unspecified atom stereocenters. The molecule has 0 bridgehead atoms. The average molecular weight is 395 g/mol. The van der Waals surface area contributed by atoms with Crippen LogP contribution in [0.3, 0.4) is 0 Å². The number of hydrogen-bond donors (Lipinski definition) is 0. The minimum atomic E-state index is -0.302. The van der Waals surface area contributed by atoms with Crippen molar-refractivity contribution in [3.05, 3.63) is 28.9 Å². The van der Waals surface area contributed by atoms with Crippen molar-refractivity contribution in [3.8, 4) is 11.5 Å². The third-order valence-electron chi connectivity index (χ3n) is 4.46. The second kappa shape index (κ2) is 9.21. The van der Waals surface area contributed by atoms with Crippen molar-refractivity contribution in [1.82, 2.24) is 9.88 Å². The second-order valence-electron chi connectivity index (χ2n) is 6.20. The molecule has 2 heterocycles. The molecular weight excluding hydrogens is 372 g/mol. The number of carbonyl (C=O) groups excluding carboxylic acids is 1. The smallest absolute Gasteiger partial charge is 0.209 e. The molecule has 0 aliphatic carbocycles. The Bertz CT molecular complexity index is 801. The molecule has 0 spiro atoms. The highest BCUT2D eigenvalue weighted by Gasteiger charge is 2.25. The fourth-order valence-electron chi connectivity index (χ4n) is 3.02. The van der Waals surface area contributed by atoms with Crippen molar-refractivity contribution >= 4 is 28.9 Å². The molecule has 27 heavy (non-hydrogen) atoms. The molecule has 1 atom stereocenters. The van der Waals surface area contributed by atoms with Gasteiger partial charge in [-0.1, -0.05) is 11.6 Å². The van der Waals surface area contributed by atoms with Crippen LogP contribution in [0.5, 0.6) is 11.5 Å². The summed E-state index contributed by atoms with van der Waals surface area (Å²) in [6, 6.07) is 3.64. The first kappa shape index (κ1) is 19.7. The summed E-state index contributed by atoms with van der Waals surface area (Å²) in [5.41, 5.74) is 1.46. The van der Waals surface area contributed by atoms with Crippen molar-refractivity contribution in [2.45, 2.75) is 12.5 Å². The lowest BCUT2D eigenvalue weighted by atomic mass is 10.1. The van der Waals surface area contributed by atoms with Crippen LogP contribution in [0.4, 0.5) is 0 Å². The first-order valence-electron chi connectivity index (χ1n) is 8.76. The molecule has 8 heteroatoms. The second-order valence-corrected chi connectivity index (χ2v) is 6.58. The molecule has 1 aliphatic rings. The molecular formula is C19H23ClN2O5. The molecule has 0 N–H and O–H groups in total. The summed E-state index contributed by atoms with van der Waals surface area (Å²) < 4.78 is 22.1. The third-order valence-corrected chi connectivity index (χ3v) is 4.88. The van der Waals surface area contributed by atoms with Gasteiger partial charge in [0.2, 0.25) is 6.41 Å². The first-order valence-corrected chi connectivity index (χ1v) is 9.14. The summed E-state index contributed by atoms with van der Waals surface area (Å²) in [5, 5.41) is 1.30. The van der Waals surface area contributed by atoms with Gasteiger partial charge in [-0.3, -0.25) is 9.78 Å². The number of nitrogens with zero attached hydrogens (tertiary/aromatic N) is 2. The monoisotopic (exact) mass is 394 g/mol. The highest BCUT2D eigenvalue weighted by molar-refractivity contribution is 6.36. The summed E-state index contributed by atoms with van der Waals surface area (Å²) >= 11 is 6.65. The summed E-state index contributed by atoms with van der Waals surface area (Å²) in [7, 11) is 3.24. The quantitative estimate of drug-likeness (QED) is 0.506. The van der Waals surface area contributed by atoms with Crippen molar-refractivity contribution in [2.75, 3.05) is 47.1 Å². The van der Waals surface area contributed by atoms with Gasteiger partial charge in [0.15, 0.2) is 11.5 Å². The number of aromatic nitrogens is 1. The lowest BCUT2D eigenvalue weighted by molar-refractivity contribution is -0.125. The lowest BCUT2D eigenvalue weighted by Gasteiger charge is -2.30. The number of amides is 1. The number of morpholine rings is 1. The Balaban J connectivity index is 1.89. The Morgan fingerprint density at radius 1 is 1.33 bits per heavy atom. The van der Waals surface area contributed by atoms with Gasteiger partial charge in [-0.25, -0.2) is 0 Å². The maximum atomic E-state index is 11.1. The fraction of sp³-hybridized carbons (Fsp3) is 0.474. The Morgan fingerprint density at radius 3 is 2.93 bits per heavy atom. The maximum Gasteiger partial charge on any atom is 0.209 e. The van der Waals surface area contributed by atoms with E-state index in [1.807, 2.05) is 12.1 Å². The van der Waals surface area contributed by atoms with Crippen molar-refractivity contribution < 1.29 is 23.7 Å². The first-order chi connectivity index (χ1) is 13.2. The van der Waals surface area contributed by atoms with E-state index in [0.29, 0.717) is 54.9 Å². The van der Waals surface area contributed by atoms with E-state index in [9.17, 15) is 4.79 Å². The topological polar surface area (TPSA) is 70.1 Å². The van der Waals surface area contributed by atoms with E-state index >= 15 is 0 Å². The number of methoxy groups -OCH3 is 2. The van der Waals surface area contributed by atoms with Crippen molar-refractivity contribution in [2.24, 2.45) is 0 Å².